The van der Waals surface area contributed by atoms with Crippen molar-refractivity contribution in [3.8, 4) is 0 Å². The Balaban J connectivity index is 1.93. The van der Waals surface area contributed by atoms with E-state index in [2.05, 4.69) is 22.2 Å². The molecule has 17 heavy (non-hydrogen) atoms. The van der Waals surface area contributed by atoms with Gasteiger partial charge in [0.1, 0.15) is 10.8 Å². The van der Waals surface area contributed by atoms with Crippen LogP contribution in [0.2, 0.25) is 5.15 Å². The number of rotatable bonds is 4. The lowest BCUT2D eigenvalue weighted by Gasteiger charge is -2.41. The Bertz CT molecular complexity index is 412. The first kappa shape index (κ1) is 12.3. The summed E-state index contributed by atoms with van der Waals surface area (Å²) in [7, 11) is 0. The van der Waals surface area contributed by atoms with Gasteiger partial charge in [-0.2, -0.15) is 0 Å². The number of nitrogens with zero attached hydrogens (tertiary/aromatic N) is 2. The van der Waals surface area contributed by atoms with Crippen molar-refractivity contribution in [3.05, 3.63) is 23.2 Å². The molecule has 1 aliphatic rings. The fraction of sp³-hybridized carbons (Fsp3) is 0.583. The summed E-state index contributed by atoms with van der Waals surface area (Å²) in [5, 5.41) is 3.16. The highest BCUT2D eigenvalue weighted by Crippen LogP contribution is 2.43. The molecule has 1 heterocycles. The van der Waals surface area contributed by atoms with Crippen molar-refractivity contribution in [2.45, 2.75) is 32.6 Å². The van der Waals surface area contributed by atoms with E-state index < -0.39 is 0 Å². The molecule has 0 atom stereocenters. The number of carbonyl (C=O) groups excluding carboxylic acids is 1. The van der Waals surface area contributed by atoms with E-state index in [1.54, 1.807) is 0 Å². The van der Waals surface area contributed by atoms with Crippen LogP contribution in [0, 0.1) is 5.41 Å². The van der Waals surface area contributed by atoms with Crippen molar-refractivity contribution >= 4 is 17.5 Å². The Labute approximate surface area is 106 Å². The molecule has 0 radical (unpaired) electrons. The van der Waals surface area contributed by atoms with Gasteiger partial charge in [-0.25, -0.2) is 4.98 Å². The maximum atomic E-state index is 11.8. The lowest BCUT2D eigenvalue weighted by molar-refractivity contribution is 0.0845. The summed E-state index contributed by atoms with van der Waals surface area (Å²) >= 11 is 5.69. The zero-order valence-electron chi connectivity index (χ0n) is 9.87. The van der Waals surface area contributed by atoms with Gasteiger partial charge in [-0.15, -0.1) is 0 Å². The maximum absolute atomic E-state index is 11.8. The van der Waals surface area contributed by atoms with Crippen LogP contribution in [0.5, 0.6) is 0 Å². The summed E-state index contributed by atoms with van der Waals surface area (Å²) in [5.74, 6) is -0.195. The van der Waals surface area contributed by atoms with Crippen LogP contribution in [0.3, 0.4) is 0 Å². The molecule has 0 bridgehead atoms. The third kappa shape index (κ3) is 2.75. The molecule has 1 amide bonds. The molecule has 1 N–H and O–H groups in total. The van der Waals surface area contributed by atoms with Crippen molar-refractivity contribution in [2.24, 2.45) is 5.41 Å². The average Bonchev–Trinajstić information content (AvgIpc) is 2.28. The molecule has 1 fully saturated rings. The highest BCUT2D eigenvalue weighted by atomic mass is 35.5. The van der Waals surface area contributed by atoms with Crippen LogP contribution in [0.4, 0.5) is 0 Å². The van der Waals surface area contributed by atoms with Crippen molar-refractivity contribution in [3.63, 3.8) is 0 Å². The number of halogens is 1. The third-order valence-electron chi connectivity index (χ3n) is 3.63. The first-order valence-corrected chi connectivity index (χ1v) is 6.29. The van der Waals surface area contributed by atoms with Crippen molar-refractivity contribution in [1.82, 2.24) is 15.3 Å². The molecule has 5 heteroatoms. The van der Waals surface area contributed by atoms with E-state index in [0.717, 1.165) is 13.0 Å². The molecule has 1 aromatic rings. The van der Waals surface area contributed by atoms with Gasteiger partial charge in [0, 0.05) is 6.54 Å². The molecule has 0 unspecified atom stereocenters. The molecule has 0 saturated heterocycles. The second-order valence-electron chi connectivity index (χ2n) is 4.62. The first-order valence-electron chi connectivity index (χ1n) is 5.91. The minimum absolute atomic E-state index is 0.195. The van der Waals surface area contributed by atoms with Gasteiger partial charge in [0.15, 0.2) is 0 Å². The lowest BCUT2D eigenvalue weighted by atomic mass is 9.67. The minimum Gasteiger partial charge on any atom is -0.350 e. The van der Waals surface area contributed by atoms with Gasteiger partial charge in [0.25, 0.3) is 5.91 Å². The standard InChI is InChI=1S/C12H16ClN3O/c1-2-12(4-3-5-12)8-15-11(17)9-6-14-7-10(13)16-9/h6-7H,2-5,8H2,1H3,(H,15,17). The molecule has 0 spiro atoms. The quantitative estimate of drug-likeness (QED) is 0.897. The predicted octanol–water partition coefficient (Wildman–Crippen LogP) is 2.44. The molecule has 4 nitrogen and oxygen atoms in total. The van der Waals surface area contributed by atoms with Gasteiger partial charge >= 0.3 is 0 Å². The van der Waals surface area contributed by atoms with Crippen molar-refractivity contribution in [2.75, 3.05) is 6.54 Å². The second kappa shape index (κ2) is 5.00. The van der Waals surface area contributed by atoms with Gasteiger partial charge in [0.2, 0.25) is 0 Å². The second-order valence-corrected chi connectivity index (χ2v) is 5.00. The summed E-state index contributed by atoms with van der Waals surface area (Å²) < 4.78 is 0. The Morgan fingerprint density at radius 1 is 1.53 bits per heavy atom. The van der Waals surface area contributed by atoms with Crippen LogP contribution in [0.1, 0.15) is 43.1 Å². The largest absolute Gasteiger partial charge is 0.350 e. The smallest absolute Gasteiger partial charge is 0.271 e. The molecule has 2 rings (SSSR count). The highest BCUT2D eigenvalue weighted by Gasteiger charge is 2.35. The predicted molar refractivity (Wildman–Crippen MR) is 66.0 cm³/mol. The maximum Gasteiger partial charge on any atom is 0.271 e. The molecule has 1 aromatic heterocycles. The molecular weight excluding hydrogens is 238 g/mol. The Kier molecular flexibility index (Phi) is 3.62. The summed E-state index contributed by atoms with van der Waals surface area (Å²) in [5.41, 5.74) is 0.588. The third-order valence-corrected chi connectivity index (χ3v) is 3.81. The zero-order valence-corrected chi connectivity index (χ0v) is 10.6. The number of hydrogen-bond acceptors (Lipinski definition) is 3. The van der Waals surface area contributed by atoms with Crippen LogP contribution < -0.4 is 5.32 Å². The van der Waals surface area contributed by atoms with Gasteiger partial charge < -0.3 is 5.32 Å². The van der Waals surface area contributed by atoms with E-state index in [9.17, 15) is 4.79 Å². The summed E-state index contributed by atoms with van der Waals surface area (Å²) in [6.07, 6.45) is 7.61. The Morgan fingerprint density at radius 2 is 2.29 bits per heavy atom. The van der Waals surface area contributed by atoms with E-state index in [4.69, 9.17) is 11.6 Å². The van der Waals surface area contributed by atoms with Gasteiger partial charge in [-0.05, 0) is 24.7 Å². The Hall–Kier alpha value is -1.16. The fourth-order valence-corrected chi connectivity index (χ4v) is 2.29. The number of hydrogen-bond donors (Lipinski definition) is 1. The molecule has 92 valence electrons. The normalized spacial score (nSPS) is 17.3. The van der Waals surface area contributed by atoms with E-state index in [1.165, 1.54) is 31.7 Å². The zero-order chi connectivity index (χ0) is 12.3. The molecule has 1 saturated carbocycles. The van der Waals surface area contributed by atoms with Crippen LogP contribution >= 0.6 is 11.6 Å². The van der Waals surface area contributed by atoms with E-state index in [-0.39, 0.29) is 16.8 Å². The van der Waals surface area contributed by atoms with Crippen LogP contribution in [0.25, 0.3) is 0 Å². The van der Waals surface area contributed by atoms with Gasteiger partial charge in [-0.3, -0.25) is 9.78 Å². The molecular formula is C12H16ClN3O. The summed E-state index contributed by atoms with van der Waals surface area (Å²) in [6.45, 7) is 2.89. The SMILES string of the molecule is CCC1(CNC(=O)c2cncc(Cl)n2)CCC1. The summed E-state index contributed by atoms with van der Waals surface area (Å²) in [6, 6.07) is 0. The highest BCUT2D eigenvalue weighted by molar-refractivity contribution is 6.29. The molecule has 0 aliphatic heterocycles. The molecule has 0 aromatic carbocycles. The van der Waals surface area contributed by atoms with Gasteiger partial charge in [0.05, 0.1) is 12.4 Å². The monoisotopic (exact) mass is 253 g/mol. The number of nitrogens with one attached hydrogen (secondary N) is 1. The average molecular weight is 254 g/mol. The van der Waals surface area contributed by atoms with E-state index in [0.29, 0.717) is 5.41 Å². The fourth-order valence-electron chi connectivity index (χ4n) is 2.14. The van der Waals surface area contributed by atoms with E-state index in [1.807, 2.05) is 0 Å². The number of amides is 1. The summed E-state index contributed by atoms with van der Waals surface area (Å²) in [4.78, 5) is 19.6. The van der Waals surface area contributed by atoms with Gasteiger partial charge in [-0.1, -0.05) is 24.9 Å². The lowest BCUT2D eigenvalue weighted by Crippen LogP contribution is -2.41. The molecule has 1 aliphatic carbocycles. The topological polar surface area (TPSA) is 54.9 Å². The first-order chi connectivity index (χ1) is 8.15. The van der Waals surface area contributed by atoms with E-state index >= 15 is 0 Å². The van der Waals surface area contributed by atoms with Crippen LogP contribution in [-0.2, 0) is 0 Å². The Morgan fingerprint density at radius 3 is 2.82 bits per heavy atom. The number of carbonyl (C=O) groups is 1. The van der Waals surface area contributed by atoms with Crippen molar-refractivity contribution < 1.29 is 4.79 Å². The van der Waals surface area contributed by atoms with Crippen LogP contribution in [-0.4, -0.2) is 22.4 Å². The minimum atomic E-state index is -0.195. The number of aromatic nitrogens is 2. The van der Waals surface area contributed by atoms with Crippen molar-refractivity contribution in [1.29, 1.82) is 0 Å². The van der Waals surface area contributed by atoms with Crippen LogP contribution in [0.15, 0.2) is 12.4 Å².